The lowest BCUT2D eigenvalue weighted by molar-refractivity contribution is -0.141. The largest absolute Gasteiger partial charge is 0.478 e. The predicted octanol–water partition coefficient (Wildman–Crippen LogP) is 4.10. The van der Waals surface area contributed by atoms with Crippen LogP contribution in [0.25, 0.3) is 23.0 Å². The van der Waals surface area contributed by atoms with Crippen LogP contribution < -0.4 is 0 Å². The van der Waals surface area contributed by atoms with E-state index < -0.39 is 17.8 Å². The van der Waals surface area contributed by atoms with Crippen LogP contribution in [-0.4, -0.2) is 30.8 Å². The van der Waals surface area contributed by atoms with Gasteiger partial charge in [0.1, 0.15) is 0 Å². The summed E-state index contributed by atoms with van der Waals surface area (Å²) in [6.45, 7) is 0. The number of nitrogens with zero attached hydrogens (tertiary/aromatic N) is 4. The van der Waals surface area contributed by atoms with Crippen LogP contribution in [0.5, 0.6) is 0 Å². The number of hydrogen-bond acceptors (Lipinski definition) is 4. The highest BCUT2D eigenvalue weighted by atomic mass is 35.5. The van der Waals surface area contributed by atoms with E-state index in [1.165, 1.54) is 12.3 Å². The summed E-state index contributed by atoms with van der Waals surface area (Å²) >= 11 is 5.80. The average Bonchev–Trinajstić information content (AvgIpc) is 3.10. The van der Waals surface area contributed by atoms with Crippen molar-refractivity contribution in [3.8, 4) is 16.9 Å². The number of rotatable bonds is 4. The normalized spacial score (nSPS) is 11.9. The molecule has 2 heterocycles. The Labute approximate surface area is 155 Å². The fourth-order valence-electron chi connectivity index (χ4n) is 2.30. The molecule has 3 rings (SSSR count). The number of alkyl halides is 3. The molecule has 0 bridgehead atoms. The van der Waals surface area contributed by atoms with E-state index in [9.17, 15) is 18.0 Å². The van der Waals surface area contributed by atoms with E-state index in [0.717, 1.165) is 23.0 Å². The van der Waals surface area contributed by atoms with Gasteiger partial charge in [0.05, 0.1) is 0 Å². The monoisotopic (exact) mass is 394 g/mol. The molecule has 0 saturated heterocycles. The van der Waals surface area contributed by atoms with Crippen molar-refractivity contribution in [2.45, 2.75) is 6.18 Å². The Kier molecular flexibility index (Phi) is 4.95. The van der Waals surface area contributed by atoms with Crippen molar-refractivity contribution in [3.05, 3.63) is 65.3 Å². The molecule has 3 aromatic rings. The van der Waals surface area contributed by atoms with Gasteiger partial charge in [0.2, 0.25) is 5.28 Å². The van der Waals surface area contributed by atoms with Gasteiger partial charge >= 0.3 is 12.1 Å². The number of carboxylic acid groups (broad SMARTS) is 1. The molecule has 0 aliphatic carbocycles. The third kappa shape index (κ3) is 4.32. The number of carbonyl (C=O) groups is 1. The summed E-state index contributed by atoms with van der Waals surface area (Å²) in [6.07, 6.45) is 0.252. The first-order chi connectivity index (χ1) is 12.7. The number of halogens is 4. The van der Waals surface area contributed by atoms with Gasteiger partial charge in [0.25, 0.3) is 0 Å². The van der Waals surface area contributed by atoms with Gasteiger partial charge < -0.3 is 5.11 Å². The molecular weight excluding hydrogens is 385 g/mol. The number of benzene rings is 1. The van der Waals surface area contributed by atoms with Crippen molar-refractivity contribution in [2.75, 3.05) is 0 Å². The van der Waals surface area contributed by atoms with E-state index in [1.54, 1.807) is 24.3 Å². The van der Waals surface area contributed by atoms with Crippen LogP contribution in [0.2, 0.25) is 5.28 Å². The minimum Gasteiger partial charge on any atom is -0.478 e. The Morgan fingerprint density at radius 1 is 1.26 bits per heavy atom. The summed E-state index contributed by atoms with van der Waals surface area (Å²) in [4.78, 5) is 18.5. The maximum Gasteiger partial charge on any atom is 0.435 e. The molecule has 1 aromatic carbocycles. The molecule has 0 unspecified atom stereocenters. The SMILES string of the molecule is O=C(O)C=Cc1cccc(-c2cnc(Cl)nc2-n2ccc(C(F)(F)F)n2)c1. The summed E-state index contributed by atoms with van der Waals surface area (Å²) in [5.74, 6) is -1.04. The number of aliphatic carboxylic acids is 1. The van der Waals surface area contributed by atoms with E-state index >= 15 is 0 Å². The molecule has 0 spiro atoms. The molecule has 27 heavy (non-hydrogen) atoms. The van der Waals surface area contributed by atoms with E-state index in [1.807, 2.05) is 0 Å². The summed E-state index contributed by atoms with van der Waals surface area (Å²) in [5.41, 5.74) is 0.439. The second kappa shape index (κ2) is 7.20. The van der Waals surface area contributed by atoms with Crippen LogP contribution in [0.15, 0.2) is 48.8 Å². The molecule has 138 valence electrons. The Hall–Kier alpha value is -3.20. The lowest BCUT2D eigenvalue weighted by Crippen LogP contribution is -2.09. The molecule has 0 fully saturated rings. The fourth-order valence-corrected chi connectivity index (χ4v) is 2.43. The standard InChI is InChI=1S/C17H10ClF3N4O2/c18-16-22-9-12(11-3-1-2-10(8-11)4-5-14(26)27)15(23-16)25-7-6-13(24-25)17(19,20)21/h1-9H,(H,26,27). The van der Waals surface area contributed by atoms with Crippen LogP contribution in [0.3, 0.4) is 0 Å². The lowest BCUT2D eigenvalue weighted by atomic mass is 10.0. The fraction of sp³-hybridized carbons (Fsp3) is 0.0588. The van der Waals surface area contributed by atoms with Crippen LogP contribution in [-0.2, 0) is 11.0 Å². The number of hydrogen-bond donors (Lipinski definition) is 1. The zero-order valence-electron chi connectivity index (χ0n) is 13.4. The zero-order chi connectivity index (χ0) is 19.6. The summed E-state index contributed by atoms with van der Waals surface area (Å²) < 4.78 is 39.5. The highest BCUT2D eigenvalue weighted by molar-refractivity contribution is 6.28. The zero-order valence-corrected chi connectivity index (χ0v) is 14.1. The average molecular weight is 395 g/mol. The summed E-state index contributed by atoms with van der Waals surface area (Å²) in [7, 11) is 0. The molecule has 0 atom stereocenters. The van der Waals surface area contributed by atoms with Gasteiger partial charge in [0, 0.05) is 24.0 Å². The molecule has 0 radical (unpaired) electrons. The molecule has 10 heteroatoms. The van der Waals surface area contributed by atoms with Crippen molar-refractivity contribution in [1.82, 2.24) is 19.7 Å². The second-order valence-electron chi connectivity index (χ2n) is 5.32. The maximum absolute atomic E-state index is 12.8. The quantitative estimate of drug-likeness (QED) is 0.532. The smallest absolute Gasteiger partial charge is 0.435 e. The van der Waals surface area contributed by atoms with E-state index in [4.69, 9.17) is 16.7 Å². The number of aromatic nitrogens is 4. The highest BCUT2D eigenvalue weighted by Gasteiger charge is 2.34. The first-order valence-electron chi connectivity index (χ1n) is 7.41. The van der Waals surface area contributed by atoms with Crippen LogP contribution in [0.4, 0.5) is 13.2 Å². The van der Waals surface area contributed by atoms with Crippen LogP contribution in [0, 0.1) is 0 Å². The van der Waals surface area contributed by atoms with Crippen LogP contribution >= 0.6 is 11.6 Å². The Morgan fingerprint density at radius 3 is 2.70 bits per heavy atom. The maximum atomic E-state index is 12.8. The molecule has 0 aliphatic heterocycles. The van der Waals surface area contributed by atoms with E-state index in [2.05, 4.69) is 15.1 Å². The van der Waals surface area contributed by atoms with Gasteiger partial charge in [-0.3, -0.25) is 0 Å². The van der Waals surface area contributed by atoms with Crippen molar-refractivity contribution in [2.24, 2.45) is 0 Å². The van der Waals surface area contributed by atoms with Crippen LogP contribution in [0.1, 0.15) is 11.3 Å². The summed E-state index contributed by atoms with van der Waals surface area (Å²) in [5, 5.41) is 12.1. The Bertz CT molecular complexity index is 1030. The minimum atomic E-state index is -4.59. The Balaban J connectivity index is 2.09. The first-order valence-corrected chi connectivity index (χ1v) is 7.79. The molecule has 6 nitrogen and oxygen atoms in total. The van der Waals surface area contributed by atoms with Crippen molar-refractivity contribution < 1.29 is 23.1 Å². The number of carboxylic acids is 1. The molecule has 0 aliphatic rings. The summed E-state index contributed by atoms with van der Waals surface area (Å²) in [6, 6.07) is 7.49. The van der Waals surface area contributed by atoms with Crippen molar-refractivity contribution >= 4 is 23.6 Å². The Morgan fingerprint density at radius 2 is 2.04 bits per heavy atom. The van der Waals surface area contributed by atoms with Crippen molar-refractivity contribution in [3.63, 3.8) is 0 Å². The highest BCUT2D eigenvalue weighted by Crippen LogP contribution is 2.30. The molecule has 0 saturated carbocycles. The minimum absolute atomic E-state index is 0.0601. The first kappa shape index (κ1) is 18.6. The van der Waals surface area contributed by atoms with Gasteiger partial charge in [-0.05, 0) is 40.9 Å². The second-order valence-corrected chi connectivity index (χ2v) is 5.65. The third-order valence-corrected chi connectivity index (χ3v) is 3.63. The molecular formula is C17H10ClF3N4O2. The van der Waals surface area contributed by atoms with Gasteiger partial charge in [-0.2, -0.15) is 23.3 Å². The van der Waals surface area contributed by atoms with Gasteiger partial charge in [-0.25, -0.2) is 14.5 Å². The predicted molar refractivity (Wildman–Crippen MR) is 91.3 cm³/mol. The van der Waals surface area contributed by atoms with Crippen molar-refractivity contribution in [1.29, 1.82) is 0 Å². The van der Waals surface area contributed by atoms with Gasteiger partial charge in [-0.15, -0.1) is 0 Å². The third-order valence-electron chi connectivity index (χ3n) is 3.45. The van der Waals surface area contributed by atoms with E-state index in [-0.39, 0.29) is 11.1 Å². The van der Waals surface area contributed by atoms with E-state index in [0.29, 0.717) is 16.7 Å². The molecule has 0 amide bonds. The van der Waals surface area contributed by atoms with Gasteiger partial charge in [0.15, 0.2) is 11.5 Å². The topological polar surface area (TPSA) is 80.9 Å². The molecule has 1 N–H and O–H groups in total. The lowest BCUT2D eigenvalue weighted by Gasteiger charge is -2.10. The molecule has 2 aromatic heterocycles. The van der Waals surface area contributed by atoms with Gasteiger partial charge in [-0.1, -0.05) is 18.2 Å².